The molecule has 0 aliphatic rings. The SMILES string of the molecule is CC(C)CC(C)(C)C.CCCCC. The van der Waals surface area contributed by atoms with Gasteiger partial charge in [0.25, 0.3) is 0 Å². The van der Waals surface area contributed by atoms with E-state index in [0.717, 1.165) is 5.92 Å². The average Bonchev–Trinajstić information content (AvgIpc) is 1.84. The van der Waals surface area contributed by atoms with Crippen LogP contribution in [0.4, 0.5) is 0 Å². The van der Waals surface area contributed by atoms with E-state index in [-0.39, 0.29) is 0 Å². The lowest BCUT2D eigenvalue weighted by molar-refractivity contribution is 0.320. The Morgan fingerprint density at radius 1 is 0.923 bits per heavy atom. The molecular weight excluding hydrogens is 156 g/mol. The molecule has 0 aromatic heterocycles. The highest BCUT2D eigenvalue weighted by molar-refractivity contribution is 4.62. The predicted molar refractivity (Wildman–Crippen MR) is 64.1 cm³/mol. The molecule has 0 radical (unpaired) electrons. The summed E-state index contributed by atoms with van der Waals surface area (Å²) >= 11 is 0. The maximum Gasteiger partial charge on any atom is -0.0380 e. The summed E-state index contributed by atoms with van der Waals surface area (Å²) in [5.41, 5.74) is 0.522. The van der Waals surface area contributed by atoms with E-state index in [4.69, 9.17) is 0 Å². The third-order valence-electron chi connectivity index (χ3n) is 1.73. The van der Waals surface area contributed by atoms with E-state index in [1.165, 1.54) is 25.7 Å². The van der Waals surface area contributed by atoms with Crippen LogP contribution in [-0.4, -0.2) is 0 Å². The van der Waals surface area contributed by atoms with Crippen LogP contribution in [0.3, 0.4) is 0 Å². The summed E-state index contributed by atoms with van der Waals surface area (Å²) in [6, 6.07) is 0. The highest BCUT2D eigenvalue weighted by Crippen LogP contribution is 2.23. The molecule has 82 valence electrons. The maximum atomic E-state index is 2.28. The first-order valence-corrected chi connectivity index (χ1v) is 5.83. The van der Waals surface area contributed by atoms with E-state index in [0.29, 0.717) is 5.41 Å². The van der Waals surface area contributed by atoms with Crippen LogP contribution in [0.5, 0.6) is 0 Å². The summed E-state index contributed by atoms with van der Waals surface area (Å²) in [5, 5.41) is 0. The fourth-order valence-corrected chi connectivity index (χ4v) is 1.58. The minimum atomic E-state index is 0.522. The first kappa shape index (κ1) is 15.5. The second-order valence-corrected chi connectivity index (χ2v) is 5.51. The Kier molecular flexibility index (Phi) is 10.2. The fourth-order valence-electron chi connectivity index (χ4n) is 1.58. The Hall–Kier alpha value is 0. The van der Waals surface area contributed by atoms with Gasteiger partial charge in [0, 0.05) is 0 Å². The fraction of sp³-hybridized carbons (Fsp3) is 1.00. The van der Waals surface area contributed by atoms with Crippen LogP contribution in [0.2, 0.25) is 0 Å². The van der Waals surface area contributed by atoms with Crippen molar-refractivity contribution in [2.45, 2.75) is 74.1 Å². The number of rotatable bonds is 3. The van der Waals surface area contributed by atoms with Crippen molar-refractivity contribution < 1.29 is 0 Å². The van der Waals surface area contributed by atoms with Gasteiger partial charge in [-0.25, -0.2) is 0 Å². The highest BCUT2D eigenvalue weighted by atomic mass is 14.2. The maximum absolute atomic E-state index is 2.28. The topological polar surface area (TPSA) is 0 Å². The van der Waals surface area contributed by atoms with Crippen LogP contribution in [0, 0.1) is 11.3 Å². The monoisotopic (exact) mass is 186 g/mol. The number of hydrogen-bond acceptors (Lipinski definition) is 0. The number of hydrogen-bond donors (Lipinski definition) is 0. The number of unbranched alkanes of at least 4 members (excludes halogenated alkanes) is 2. The zero-order valence-electron chi connectivity index (χ0n) is 10.9. The van der Waals surface area contributed by atoms with Gasteiger partial charge in [-0.1, -0.05) is 67.7 Å². The normalized spacial score (nSPS) is 11.1. The summed E-state index contributed by atoms with van der Waals surface area (Å²) in [7, 11) is 0. The summed E-state index contributed by atoms with van der Waals surface area (Å²) in [4.78, 5) is 0. The van der Waals surface area contributed by atoms with Gasteiger partial charge in [0.05, 0.1) is 0 Å². The molecule has 0 fully saturated rings. The molecule has 0 heteroatoms. The molecule has 0 bridgehead atoms. The lowest BCUT2D eigenvalue weighted by Gasteiger charge is -2.19. The molecule has 0 heterocycles. The zero-order valence-corrected chi connectivity index (χ0v) is 10.9. The highest BCUT2D eigenvalue weighted by Gasteiger charge is 2.11. The smallest absolute Gasteiger partial charge is 0.0380 e. The Bertz CT molecular complexity index is 82.7. The molecule has 0 rings (SSSR count). The largest absolute Gasteiger partial charge is 0.0654 e. The Balaban J connectivity index is 0. The molecule has 13 heavy (non-hydrogen) atoms. The van der Waals surface area contributed by atoms with Crippen molar-refractivity contribution in [2.24, 2.45) is 11.3 Å². The molecule has 0 saturated carbocycles. The third-order valence-corrected chi connectivity index (χ3v) is 1.73. The Morgan fingerprint density at radius 2 is 1.31 bits per heavy atom. The van der Waals surface area contributed by atoms with Crippen molar-refractivity contribution in [3.63, 3.8) is 0 Å². The molecule has 0 aliphatic heterocycles. The minimum absolute atomic E-state index is 0.522. The lowest BCUT2D eigenvalue weighted by Crippen LogP contribution is -2.08. The zero-order chi connectivity index (χ0) is 10.9. The molecule has 0 aliphatic carbocycles. The van der Waals surface area contributed by atoms with Crippen molar-refractivity contribution in [1.29, 1.82) is 0 Å². The molecule has 0 spiro atoms. The summed E-state index contributed by atoms with van der Waals surface area (Å²) in [6.45, 7) is 15.8. The van der Waals surface area contributed by atoms with E-state index < -0.39 is 0 Å². The first-order chi connectivity index (χ1) is 5.83. The van der Waals surface area contributed by atoms with Gasteiger partial charge in [-0.2, -0.15) is 0 Å². The van der Waals surface area contributed by atoms with E-state index >= 15 is 0 Å². The quantitative estimate of drug-likeness (QED) is 0.563. The van der Waals surface area contributed by atoms with Crippen LogP contribution in [0.25, 0.3) is 0 Å². The summed E-state index contributed by atoms with van der Waals surface area (Å²) < 4.78 is 0. The summed E-state index contributed by atoms with van der Waals surface area (Å²) in [5.74, 6) is 0.843. The van der Waals surface area contributed by atoms with Crippen LogP contribution in [0.15, 0.2) is 0 Å². The van der Waals surface area contributed by atoms with E-state index in [1.54, 1.807) is 0 Å². The van der Waals surface area contributed by atoms with Crippen molar-refractivity contribution in [2.75, 3.05) is 0 Å². The van der Waals surface area contributed by atoms with Crippen LogP contribution >= 0.6 is 0 Å². The molecule has 0 amide bonds. The van der Waals surface area contributed by atoms with Gasteiger partial charge < -0.3 is 0 Å². The molecule has 0 aromatic rings. The molecule has 0 unspecified atom stereocenters. The Labute approximate surface area is 86.1 Å². The van der Waals surface area contributed by atoms with Gasteiger partial charge in [-0.15, -0.1) is 0 Å². The van der Waals surface area contributed by atoms with E-state index in [2.05, 4.69) is 48.5 Å². The van der Waals surface area contributed by atoms with Crippen molar-refractivity contribution >= 4 is 0 Å². The predicted octanol–water partition coefficient (Wildman–Crippen LogP) is 5.28. The van der Waals surface area contributed by atoms with Gasteiger partial charge in [0.15, 0.2) is 0 Å². The lowest BCUT2D eigenvalue weighted by atomic mass is 9.86. The van der Waals surface area contributed by atoms with Crippen molar-refractivity contribution in [1.82, 2.24) is 0 Å². The van der Waals surface area contributed by atoms with E-state index in [9.17, 15) is 0 Å². The second-order valence-electron chi connectivity index (χ2n) is 5.51. The molecule has 0 N–H and O–H groups in total. The summed E-state index contributed by atoms with van der Waals surface area (Å²) in [6.07, 6.45) is 5.40. The third kappa shape index (κ3) is 24.5. The molecule has 0 atom stereocenters. The minimum Gasteiger partial charge on any atom is -0.0654 e. The molecule has 0 aromatic carbocycles. The van der Waals surface area contributed by atoms with Gasteiger partial charge in [0.1, 0.15) is 0 Å². The van der Waals surface area contributed by atoms with Gasteiger partial charge in [-0.05, 0) is 17.8 Å². The molecular formula is C13H30. The van der Waals surface area contributed by atoms with Gasteiger partial charge >= 0.3 is 0 Å². The van der Waals surface area contributed by atoms with Crippen molar-refractivity contribution in [3.05, 3.63) is 0 Å². The van der Waals surface area contributed by atoms with Crippen LogP contribution < -0.4 is 0 Å². The van der Waals surface area contributed by atoms with Crippen LogP contribution in [0.1, 0.15) is 74.1 Å². The first-order valence-electron chi connectivity index (χ1n) is 5.83. The average molecular weight is 186 g/mol. The second kappa shape index (κ2) is 8.59. The molecule has 0 nitrogen and oxygen atoms in total. The van der Waals surface area contributed by atoms with E-state index in [1.807, 2.05) is 0 Å². The van der Waals surface area contributed by atoms with Gasteiger partial charge in [-0.3, -0.25) is 0 Å². The van der Waals surface area contributed by atoms with Crippen LogP contribution in [-0.2, 0) is 0 Å². The van der Waals surface area contributed by atoms with Crippen molar-refractivity contribution in [3.8, 4) is 0 Å². The molecule has 0 saturated heterocycles. The van der Waals surface area contributed by atoms with Gasteiger partial charge in [0.2, 0.25) is 0 Å². The standard InChI is InChI=1S/C8H18.C5H12/c1-7(2)6-8(3,4)5;1-3-5-4-2/h7H,6H2,1-5H3;3-5H2,1-2H3. The Morgan fingerprint density at radius 3 is 1.31 bits per heavy atom.